The molecule has 1 fully saturated rings. The quantitative estimate of drug-likeness (QED) is 0.947. The number of hydrogen-bond donors (Lipinski definition) is 1. The lowest BCUT2D eigenvalue weighted by molar-refractivity contribution is -0.128. The monoisotopic (exact) mass is 304 g/mol. The maximum atomic E-state index is 12.2. The highest BCUT2D eigenvalue weighted by molar-refractivity contribution is 6.31. The summed E-state index contributed by atoms with van der Waals surface area (Å²) in [6.45, 7) is 4.12. The van der Waals surface area contributed by atoms with Gasteiger partial charge in [-0.25, -0.2) is 9.97 Å². The van der Waals surface area contributed by atoms with E-state index in [4.69, 9.17) is 11.6 Å². The predicted molar refractivity (Wildman–Crippen MR) is 83.4 cm³/mol. The van der Waals surface area contributed by atoms with Gasteiger partial charge in [0.05, 0.1) is 12.1 Å². The van der Waals surface area contributed by atoms with Crippen molar-refractivity contribution < 1.29 is 4.79 Å². The second-order valence-corrected chi connectivity index (χ2v) is 5.91. The van der Waals surface area contributed by atoms with Crippen molar-refractivity contribution in [1.29, 1.82) is 0 Å². The Bertz CT molecular complexity index is 676. The van der Waals surface area contributed by atoms with E-state index < -0.39 is 0 Å². The summed E-state index contributed by atoms with van der Waals surface area (Å²) >= 11 is 5.96. The number of amides is 1. The first kappa shape index (κ1) is 14.1. The SMILES string of the molecule is CC1CCN(C(=O)CNc2ncnc3cc(Cl)ccc23)C1. The highest BCUT2D eigenvalue weighted by Crippen LogP contribution is 2.22. The van der Waals surface area contributed by atoms with Crippen molar-refractivity contribution in [2.24, 2.45) is 5.92 Å². The van der Waals surface area contributed by atoms with E-state index in [-0.39, 0.29) is 12.5 Å². The molecule has 1 atom stereocenters. The van der Waals surface area contributed by atoms with Gasteiger partial charge in [-0.2, -0.15) is 0 Å². The summed E-state index contributed by atoms with van der Waals surface area (Å²) in [5, 5.41) is 4.61. The van der Waals surface area contributed by atoms with Crippen LogP contribution < -0.4 is 5.32 Å². The topological polar surface area (TPSA) is 58.1 Å². The van der Waals surface area contributed by atoms with Crippen molar-refractivity contribution >= 4 is 34.2 Å². The molecule has 6 heteroatoms. The highest BCUT2D eigenvalue weighted by Gasteiger charge is 2.22. The van der Waals surface area contributed by atoms with Gasteiger partial charge >= 0.3 is 0 Å². The number of nitrogens with zero attached hydrogens (tertiary/aromatic N) is 3. The zero-order valence-electron chi connectivity index (χ0n) is 11.8. The molecule has 1 unspecified atom stereocenters. The maximum Gasteiger partial charge on any atom is 0.241 e. The zero-order valence-corrected chi connectivity index (χ0v) is 12.6. The molecule has 1 saturated heterocycles. The van der Waals surface area contributed by atoms with E-state index in [1.54, 1.807) is 12.1 Å². The predicted octanol–water partition coefficient (Wildman–Crippen LogP) is 2.56. The number of rotatable bonds is 3. The fourth-order valence-corrected chi connectivity index (χ4v) is 2.77. The Hall–Kier alpha value is -1.88. The second kappa shape index (κ2) is 5.85. The van der Waals surface area contributed by atoms with E-state index in [9.17, 15) is 4.79 Å². The van der Waals surface area contributed by atoms with Crippen molar-refractivity contribution in [3.05, 3.63) is 29.5 Å². The lowest BCUT2D eigenvalue weighted by Crippen LogP contribution is -2.33. The van der Waals surface area contributed by atoms with E-state index >= 15 is 0 Å². The minimum atomic E-state index is 0.111. The molecule has 3 rings (SSSR count). The Morgan fingerprint density at radius 3 is 3.10 bits per heavy atom. The molecule has 1 aliphatic rings. The van der Waals surface area contributed by atoms with Crippen molar-refractivity contribution in [3.8, 4) is 0 Å². The molecule has 21 heavy (non-hydrogen) atoms. The summed E-state index contributed by atoms with van der Waals surface area (Å²) in [5.41, 5.74) is 0.766. The largest absolute Gasteiger partial charge is 0.360 e. The second-order valence-electron chi connectivity index (χ2n) is 5.47. The Balaban J connectivity index is 1.72. The van der Waals surface area contributed by atoms with Crippen LogP contribution in [0.5, 0.6) is 0 Å². The third kappa shape index (κ3) is 3.08. The third-order valence-electron chi connectivity index (χ3n) is 3.78. The van der Waals surface area contributed by atoms with Gasteiger partial charge in [-0.15, -0.1) is 0 Å². The molecule has 2 aromatic rings. The van der Waals surface area contributed by atoms with Crippen molar-refractivity contribution in [2.45, 2.75) is 13.3 Å². The van der Waals surface area contributed by atoms with Crippen LogP contribution in [0.1, 0.15) is 13.3 Å². The third-order valence-corrected chi connectivity index (χ3v) is 4.02. The van der Waals surface area contributed by atoms with E-state index in [0.29, 0.717) is 16.8 Å². The number of aromatic nitrogens is 2. The first-order valence-corrected chi connectivity index (χ1v) is 7.43. The van der Waals surface area contributed by atoms with Crippen LogP contribution >= 0.6 is 11.6 Å². The van der Waals surface area contributed by atoms with Crippen LogP contribution in [-0.2, 0) is 4.79 Å². The average Bonchev–Trinajstić information content (AvgIpc) is 2.91. The molecule has 5 nitrogen and oxygen atoms in total. The molecular weight excluding hydrogens is 288 g/mol. The lowest BCUT2D eigenvalue weighted by atomic mass is 10.2. The van der Waals surface area contributed by atoms with Crippen LogP contribution in [0, 0.1) is 5.92 Å². The molecule has 0 bridgehead atoms. The molecule has 0 radical (unpaired) electrons. The Morgan fingerprint density at radius 2 is 2.33 bits per heavy atom. The van der Waals surface area contributed by atoms with Crippen molar-refractivity contribution in [1.82, 2.24) is 14.9 Å². The molecular formula is C15H17ClN4O. The van der Waals surface area contributed by atoms with Crippen LogP contribution in [-0.4, -0.2) is 40.4 Å². The fraction of sp³-hybridized carbons (Fsp3) is 0.400. The minimum Gasteiger partial charge on any atom is -0.360 e. The Labute approximate surface area is 128 Å². The summed E-state index contributed by atoms with van der Waals surface area (Å²) in [5.74, 6) is 1.37. The first-order chi connectivity index (χ1) is 10.1. The van der Waals surface area contributed by atoms with Gasteiger partial charge in [-0.1, -0.05) is 18.5 Å². The molecule has 0 saturated carbocycles. The summed E-state index contributed by atoms with van der Waals surface area (Å²) in [6.07, 6.45) is 2.56. The molecule has 0 aliphatic carbocycles. The molecule has 1 aromatic heterocycles. The molecule has 0 spiro atoms. The molecule has 2 heterocycles. The lowest BCUT2D eigenvalue weighted by Gasteiger charge is -2.16. The van der Waals surface area contributed by atoms with Gasteiger partial charge in [0, 0.05) is 23.5 Å². The summed E-state index contributed by atoms with van der Waals surface area (Å²) in [6, 6.07) is 5.44. The van der Waals surface area contributed by atoms with E-state index in [1.165, 1.54) is 6.33 Å². The molecule has 1 aliphatic heterocycles. The highest BCUT2D eigenvalue weighted by atomic mass is 35.5. The summed E-state index contributed by atoms with van der Waals surface area (Å²) in [4.78, 5) is 22.5. The number of likely N-dealkylation sites (tertiary alicyclic amines) is 1. The normalized spacial score (nSPS) is 18.2. The molecule has 1 amide bonds. The Kier molecular flexibility index (Phi) is 3.92. The van der Waals surface area contributed by atoms with Gasteiger partial charge in [0.2, 0.25) is 5.91 Å². The average molecular weight is 305 g/mol. The fourth-order valence-electron chi connectivity index (χ4n) is 2.60. The first-order valence-electron chi connectivity index (χ1n) is 7.05. The summed E-state index contributed by atoms with van der Waals surface area (Å²) < 4.78 is 0. The number of hydrogen-bond acceptors (Lipinski definition) is 4. The number of halogens is 1. The van der Waals surface area contributed by atoms with Crippen LogP contribution in [0.3, 0.4) is 0 Å². The number of nitrogens with one attached hydrogen (secondary N) is 1. The van der Waals surface area contributed by atoms with Crippen LogP contribution in [0.15, 0.2) is 24.5 Å². The van der Waals surface area contributed by atoms with Gasteiger partial charge in [0.1, 0.15) is 12.1 Å². The maximum absolute atomic E-state index is 12.2. The van der Waals surface area contributed by atoms with E-state index in [2.05, 4.69) is 22.2 Å². The van der Waals surface area contributed by atoms with Crippen molar-refractivity contribution in [2.75, 3.05) is 25.0 Å². The molecule has 1 aromatic carbocycles. The summed E-state index contributed by atoms with van der Waals surface area (Å²) in [7, 11) is 0. The van der Waals surface area contributed by atoms with E-state index in [1.807, 2.05) is 11.0 Å². The number of benzene rings is 1. The van der Waals surface area contributed by atoms with Gasteiger partial charge in [0.25, 0.3) is 0 Å². The van der Waals surface area contributed by atoms with Gasteiger partial charge in [-0.3, -0.25) is 4.79 Å². The Morgan fingerprint density at radius 1 is 1.48 bits per heavy atom. The molecule has 110 valence electrons. The van der Waals surface area contributed by atoms with Crippen LogP contribution in [0.2, 0.25) is 5.02 Å². The van der Waals surface area contributed by atoms with Gasteiger partial charge in [0.15, 0.2) is 0 Å². The smallest absolute Gasteiger partial charge is 0.241 e. The van der Waals surface area contributed by atoms with Gasteiger partial charge in [-0.05, 0) is 30.5 Å². The standard InChI is InChI=1S/C15H17ClN4O/c1-10-4-5-20(8-10)14(21)7-17-15-12-3-2-11(16)6-13(12)18-9-19-15/h2-3,6,9-10H,4-5,7-8H2,1H3,(H,17,18,19). The number of carbonyl (C=O) groups excluding carboxylic acids is 1. The minimum absolute atomic E-state index is 0.111. The number of fused-ring (bicyclic) bond motifs is 1. The van der Waals surface area contributed by atoms with Crippen LogP contribution in [0.4, 0.5) is 5.82 Å². The molecule has 1 N–H and O–H groups in total. The zero-order chi connectivity index (χ0) is 14.8. The number of anilines is 1. The number of carbonyl (C=O) groups is 1. The van der Waals surface area contributed by atoms with Gasteiger partial charge < -0.3 is 10.2 Å². The van der Waals surface area contributed by atoms with Crippen LogP contribution in [0.25, 0.3) is 10.9 Å². The van der Waals surface area contributed by atoms with Crippen molar-refractivity contribution in [3.63, 3.8) is 0 Å². The van der Waals surface area contributed by atoms with E-state index in [0.717, 1.165) is 30.4 Å².